The quantitative estimate of drug-likeness (QED) is 0.577. The Hall–Kier alpha value is -3.36. The van der Waals surface area contributed by atoms with Crippen LogP contribution in [0.5, 0.6) is 0 Å². The first kappa shape index (κ1) is 17.5. The summed E-state index contributed by atoms with van der Waals surface area (Å²) < 4.78 is 0. The van der Waals surface area contributed by atoms with E-state index in [-0.39, 0.29) is 11.8 Å². The van der Waals surface area contributed by atoms with Gasteiger partial charge >= 0.3 is 0 Å². The van der Waals surface area contributed by atoms with Gasteiger partial charge in [0.15, 0.2) is 0 Å². The van der Waals surface area contributed by atoms with Gasteiger partial charge in [0.25, 0.3) is 0 Å². The van der Waals surface area contributed by atoms with Crippen molar-refractivity contribution in [1.82, 2.24) is 0 Å². The van der Waals surface area contributed by atoms with Gasteiger partial charge in [-0.3, -0.25) is 0 Å². The zero-order chi connectivity index (χ0) is 20.4. The fourth-order valence-corrected chi connectivity index (χ4v) is 6.92. The highest BCUT2D eigenvalue weighted by atomic mass is 14.7. The van der Waals surface area contributed by atoms with Crippen molar-refractivity contribution in [2.45, 2.75) is 31.1 Å². The lowest BCUT2D eigenvalue weighted by Crippen LogP contribution is -2.60. The molecule has 0 bridgehead atoms. The van der Waals surface area contributed by atoms with Crippen LogP contribution in [0.4, 0.5) is 0 Å². The van der Waals surface area contributed by atoms with Crippen LogP contribution in [0.2, 0.25) is 0 Å². The molecule has 4 aliphatic carbocycles. The molecule has 0 saturated heterocycles. The molecule has 0 radical (unpaired) electrons. The fourth-order valence-electron chi connectivity index (χ4n) is 6.92. The molecule has 0 heterocycles. The minimum Gasteiger partial charge on any atom is -0.197 e. The van der Waals surface area contributed by atoms with E-state index in [4.69, 9.17) is 0 Å². The first-order chi connectivity index (χ1) is 14.7. The van der Waals surface area contributed by atoms with Gasteiger partial charge < -0.3 is 0 Å². The Balaban J connectivity index is 1.61. The average Bonchev–Trinajstić information content (AvgIpc) is 3.15. The van der Waals surface area contributed by atoms with Gasteiger partial charge in [-0.15, -0.1) is 0 Å². The second-order valence-corrected chi connectivity index (χ2v) is 9.19. The molecule has 4 aliphatic rings. The summed E-state index contributed by atoms with van der Waals surface area (Å²) in [7, 11) is 0. The molecule has 6 rings (SSSR count). The van der Waals surface area contributed by atoms with E-state index in [0.29, 0.717) is 0 Å². The molecule has 1 fully saturated rings. The predicted octanol–water partition coefficient (Wildman–Crippen LogP) is 6.19. The molecule has 2 nitrogen and oxygen atoms in total. The van der Waals surface area contributed by atoms with Crippen molar-refractivity contribution >= 4 is 0 Å². The van der Waals surface area contributed by atoms with E-state index in [1.807, 2.05) is 12.1 Å². The molecule has 2 unspecified atom stereocenters. The normalized spacial score (nSPS) is 37.5. The van der Waals surface area contributed by atoms with Crippen LogP contribution in [0.1, 0.15) is 42.2 Å². The smallest absolute Gasteiger partial charge is 0.105 e. The van der Waals surface area contributed by atoms with Gasteiger partial charge in [-0.05, 0) is 36.0 Å². The summed E-state index contributed by atoms with van der Waals surface area (Å²) >= 11 is 0. The van der Waals surface area contributed by atoms with Gasteiger partial charge in [-0.25, -0.2) is 0 Å². The molecule has 2 heteroatoms. The Kier molecular flexibility index (Phi) is 3.40. The van der Waals surface area contributed by atoms with Crippen LogP contribution in [0.15, 0.2) is 96.1 Å². The van der Waals surface area contributed by atoms with Crippen molar-refractivity contribution in [3.8, 4) is 12.1 Å². The monoisotopic (exact) mass is 386 g/mol. The molecule has 5 atom stereocenters. The van der Waals surface area contributed by atoms with E-state index in [0.717, 1.165) is 19.3 Å². The number of allylic oxidation sites excluding steroid dienone is 6. The fraction of sp³-hybridized carbons (Fsp3) is 0.286. The van der Waals surface area contributed by atoms with Crippen LogP contribution in [-0.2, 0) is 0 Å². The summed E-state index contributed by atoms with van der Waals surface area (Å²) in [6.07, 6.45) is 11.3. The van der Waals surface area contributed by atoms with Crippen molar-refractivity contribution in [2.24, 2.45) is 16.2 Å². The lowest BCUT2D eigenvalue weighted by atomic mass is 9.35. The van der Waals surface area contributed by atoms with Crippen LogP contribution in [0, 0.1) is 38.9 Å². The summed E-state index contributed by atoms with van der Waals surface area (Å²) in [5.74, 6) is 0.336. The minimum absolute atomic E-state index is 0.107. The molecule has 0 amide bonds. The molecule has 0 N–H and O–H groups in total. The number of hydrogen-bond donors (Lipinski definition) is 0. The van der Waals surface area contributed by atoms with Crippen LogP contribution < -0.4 is 0 Å². The molecule has 2 aromatic rings. The lowest BCUT2D eigenvalue weighted by Gasteiger charge is -2.65. The SMILES string of the molecule is N#C[C@]12C=C[C@]3(C#N)CC(c4ccccc4)[C@@]34C=CCC(=C14)CC2c1ccccc1. The molecule has 30 heavy (non-hydrogen) atoms. The van der Waals surface area contributed by atoms with Gasteiger partial charge in [0.1, 0.15) is 5.41 Å². The van der Waals surface area contributed by atoms with Gasteiger partial charge in [0, 0.05) is 17.3 Å². The van der Waals surface area contributed by atoms with E-state index in [9.17, 15) is 10.5 Å². The van der Waals surface area contributed by atoms with E-state index < -0.39 is 16.2 Å². The third-order valence-corrected chi connectivity index (χ3v) is 8.16. The summed E-state index contributed by atoms with van der Waals surface area (Å²) in [5.41, 5.74) is 3.45. The van der Waals surface area contributed by atoms with Crippen LogP contribution in [0.3, 0.4) is 0 Å². The standard InChI is InChI=1S/C28H22N2/c29-18-26-14-15-27(19-30)23(20-8-3-1-4-9-20)16-22-12-7-13-28(26,25(22)27)24(17-26)21-10-5-2-6-11-21/h1-11,13-15,23-24H,12,16-17H2/t23?,24?,26-,27+,28-/m1/s1. The average molecular weight is 386 g/mol. The molecule has 2 aromatic carbocycles. The summed E-state index contributed by atoms with van der Waals surface area (Å²) in [6, 6.07) is 26.5. The maximum absolute atomic E-state index is 10.6. The first-order valence-electron chi connectivity index (χ1n) is 10.7. The number of rotatable bonds is 2. The predicted molar refractivity (Wildman–Crippen MR) is 116 cm³/mol. The molecule has 144 valence electrons. The van der Waals surface area contributed by atoms with Crippen LogP contribution in [-0.4, -0.2) is 0 Å². The largest absolute Gasteiger partial charge is 0.197 e. The zero-order valence-corrected chi connectivity index (χ0v) is 16.8. The number of nitrogens with zero attached hydrogens (tertiary/aromatic N) is 2. The van der Waals surface area contributed by atoms with E-state index in [1.165, 1.54) is 22.3 Å². The second kappa shape index (κ2) is 5.84. The molecule has 1 spiro atoms. The van der Waals surface area contributed by atoms with Crippen LogP contribution >= 0.6 is 0 Å². The van der Waals surface area contributed by atoms with Crippen LogP contribution in [0.25, 0.3) is 0 Å². The number of nitriles is 2. The van der Waals surface area contributed by atoms with Crippen molar-refractivity contribution in [1.29, 1.82) is 10.5 Å². The summed E-state index contributed by atoms with van der Waals surface area (Å²) in [4.78, 5) is 0. The van der Waals surface area contributed by atoms with Crippen molar-refractivity contribution in [3.63, 3.8) is 0 Å². The van der Waals surface area contributed by atoms with Gasteiger partial charge in [-0.2, -0.15) is 10.5 Å². The first-order valence-corrected chi connectivity index (χ1v) is 10.7. The summed E-state index contributed by atoms with van der Waals surface area (Å²) in [6.45, 7) is 0. The van der Waals surface area contributed by atoms with Crippen molar-refractivity contribution < 1.29 is 0 Å². The Labute approximate surface area is 177 Å². The lowest BCUT2D eigenvalue weighted by molar-refractivity contribution is 0.0337. The maximum atomic E-state index is 10.6. The Morgan fingerprint density at radius 2 is 1.43 bits per heavy atom. The Morgan fingerprint density at radius 3 is 2.07 bits per heavy atom. The van der Waals surface area contributed by atoms with Gasteiger partial charge in [0.05, 0.1) is 17.6 Å². The van der Waals surface area contributed by atoms with Gasteiger partial charge in [0.2, 0.25) is 0 Å². The van der Waals surface area contributed by atoms with Gasteiger partial charge in [-0.1, -0.05) is 90.5 Å². The van der Waals surface area contributed by atoms with Crippen molar-refractivity contribution in [3.05, 3.63) is 107 Å². The number of benzene rings is 2. The maximum Gasteiger partial charge on any atom is 0.105 e. The summed E-state index contributed by atoms with van der Waals surface area (Å²) in [5, 5.41) is 21.0. The highest BCUT2D eigenvalue weighted by Gasteiger charge is 2.73. The zero-order valence-electron chi connectivity index (χ0n) is 16.8. The van der Waals surface area contributed by atoms with E-state index >= 15 is 0 Å². The molecule has 0 aromatic heterocycles. The third kappa shape index (κ3) is 1.83. The molecule has 0 aliphatic heterocycles. The molecular weight excluding hydrogens is 364 g/mol. The molecular formula is C28H22N2. The second-order valence-electron chi connectivity index (χ2n) is 9.19. The Bertz CT molecular complexity index is 1210. The molecule has 1 saturated carbocycles. The highest BCUT2D eigenvalue weighted by molar-refractivity contribution is 5.64. The third-order valence-electron chi connectivity index (χ3n) is 8.16. The van der Waals surface area contributed by atoms with E-state index in [1.54, 1.807) is 0 Å². The number of hydrogen-bond acceptors (Lipinski definition) is 2. The topological polar surface area (TPSA) is 47.6 Å². The van der Waals surface area contributed by atoms with E-state index in [2.05, 4.69) is 85.0 Å². The van der Waals surface area contributed by atoms with Crippen molar-refractivity contribution in [2.75, 3.05) is 0 Å². The minimum atomic E-state index is -0.671. The highest BCUT2D eigenvalue weighted by Crippen LogP contribution is 2.79. The Morgan fingerprint density at radius 1 is 0.767 bits per heavy atom.